The first-order chi connectivity index (χ1) is 5.94. The maximum atomic E-state index is 5.61. The summed E-state index contributed by atoms with van der Waals surface area (Å²) in [6.45, 7) is 8.62. The van der Waals surface area contributed by atoms with Gasteiger partial charge >= 0.3 is 0 Å². The van der Waals surface area contributed by atoms with Crippen LogP contribution in [0.4, 0.5) is 0 Å². The van der Waals surface area contributed by atoms with E-state index in [9.17, 15) is 0 Å². The van der Waals surface area contributed by atoms with Crippen molar-refractivity contribution in [3.8, 4) is 0 Å². The zero-order valence-corrected chi connectivity index (χ0v) is 9.36. The van der Waals surface area contributed by atoms with E-state index in [4.69, 9.17) is 10.2 Å². The van der Waals surface area contributed by atoms with Crippen LogP contribution in [0.2, 0.25) is 0 Å². The molecule has 4 heteroatoms. The molecule has 0 saturated heterocycles. The Morgan fingerprint density at radius 1 is 1.46 bits per heavy atom. The van der Waals surface area contributed by atoms with Gasteiger partial charge in [-0.1, -0.05) is 11.8 Å². The van der Waals surface area contributed by atoms with Crippen molar-refractivity contribution < 1.29 is 4.42 Å². The Kier molecular flexibility index (Phi) is 3.03. The lowest BCUT2D eigenvalue weighted by atomic mass is 10.2. The van der Waals surface area contributed by atoms with Crippen LogP contribution < -0.4 is 5.73 Å². The monoisotopic (exact) mass is 200 g/mol. The Morgan fingerprint density at radius 2 is 2.08 bits per heavy atom. The number of hydrogen-bond acceptors (Lipinski definition) is 4. The van der Waals surface area contributed by atoms with Crippen LogP contribution in [0.15, 0.2) is 9.64 Å². The van der Waals surface area contributed by atoms with Gasteiger partial charge in [-0.05, 0) is 27.7 Å². The van der Waals surface area contributed by atoms with E-state index in [1.165, 1.54) is 0 Å². The fourth-order valence-corrected chi connectivity index (χ4v) is 1.67. The summed E-state index contributed by atoms with van der Waals surface area (Å²) < 4.78 is 5.44. The van der Waals surface area contributed by atoms with Gasteiger partial charge in [-0.25, -0.2) is 4.98 Å². The first-order valence-corrected chi connectivity index (χ1v) is 5.09. The molecule has 13 heavy (non-hydrogen) atoms. The molecule has 0 amide bonds. The highest BCUT2D eigenvalue weighted by atomic mass is 32.2. The summed E-state index contributed by atoms with van der Waals surface area (Å²) in [6, 6.07) is 0. The summed E-state index contributed by atoms with van der Waals surface area (Å²) in [6.07, 6.45) is 0. The standard InChI is InChI=1S/C9H16N2OS/c1-6-7(2)12-8(11-6)13-9(3,4)5-10/h5,10H2,1-4H3. The average molecular weight is 200 g/mol. The highest BCUT2D eigenvalue weighted by Gasteiger charge is 2.20. The number of aryl methyl sites for hydroxylation is 2. The first-order valence-electron chi connectivity index (χ1n) is 4.28. The quantitative estimate of drug-likeness (QED) is 0.759. The second-order valence-corrected chi connectivity index (χ2v) is 5.35. The molecule has 0 bridgehead atoms. The van der Waals surface area contributed by atoms with Gasteiger partial charge in [-0.15, -0.1) is 0 Å². The molecule has 1 aromatic heterocycles. The van der Waals surface area contributed by atoms with Crippen molar-refractivity contribution in [1.82, 2.24) is 4.98 Å². The minimum Gasteiger partial charge on any atom is -0.437 e. The van der Waals surface area contributed by atoms with Gasteiger partial charge in [0, 0.05) is 11.3 Å². The summed E-state index contributed by atoms with van der Waals surface area (Å²) in [5.74, 6) is 0.885. The lowest BCUT2D eigenvalue weighted by Gasteiger charge is -2.18. The Hall–Kier alpha value is -0.480. The number of hydrogen-bond donors (Lipinski definition) is 1. The van der Waals surface area contributed by atoms with Crippen molar-refractivity contribution in [3.05, 3.63) is 11.5 Å². The Morgan fingerprint density at radius 3 is 2.46 bits per heavy atom. The molecule has 0 saturated carbocycles. The molecular weight excluding hydrogens is 184 g/mol. The maximum Gasteiger partial charge on any atom is 0.256 e. The Balaban J connectivity index is 2.75. The molecule has 1 heterocycles. The average Bonchev–Trinajstić information content (AvgIpc) is 2.30. The lowest BCUT2D eigenvalue weighted by Crippen LogP contribution is -2.26. The van der Waals surface area contributed by atoms with E-state index in [2.05, 4.69) is 18.8 Å². The van der Waals surface area contributed by atoms with E-state index in [0.717, 1.165) is 11.5 Å². The minimum absolute atomic E-state index is 0.0102. The van der Waals surface area contributed by atoms with E-state index in [1.54, 1.807) is 11.8 Å². The van der Waals surface area contributed by atoms with E-state index in [-0.39, 0.29) is 4.75 Å². The maximum absolute atomic E-state index is 5.61. The van der Waals surface area contributed by atoms with Gasteiger partial charge in [0.2, 0.25) is 0 Å². The van der Waals surface area contributed by atoms with Gasteiger partial charge < -0.3 is 10.2 Å². The van der Waals surface area contributed by atoms with Crippen molar-refractivity contribution in [2.24, 2.45) is 5.73 Å². The van der Waals surface area contributed by atoms with Crippen molar-refractivity contribution >= 4 is 11.8 Å². The molecule has 3 nitrogen and oxygen atoms in total. The third-order valence-electron chi connectivity index (χ3n) is 1.86. The van der Waals surface area contributed by atoms with Crippen LogP contribution in [0, 0.1) is 13.8 Å². The van der Waals surface area contributed by atoms with Crippen LogP contribution in [-0.2, 0) is 0 Å². The van der Waals surface area contributed by atoms with E-state index in [1.807, 2.05) is 13.8 Å². The van der Waals surface area contributed by atoms with E-state index in [0.29, 0.717) is 11.8 Å². The molecule has 2 N–H and O–H groups in total. The van der Waals surface area contributed by atoms with Crippen LogP contribution in [0.3, 0.4) is 0 Å². The number of rotatable bonds is 3. The number of thioether (sulfide) groups is 1. The van der Waals surface area contributed by atoms with Crippen LogP contribution in [0.25, 0.3) is 0 Å². The molecule has 0 aromatic carbocycles. The second-order valence-electron chi connectivity index (χ2n) is 3.69. The Labute approximate surface area is 83.1 Å². The molecule has 0 aliphatic heterocycles. The van der Waals surface area contributed by atoms with Crippen LogP contribution in [0.1, 0.15) is 25.3 Å². The second kappa shape index (κ2) is 3.72. The molecule has 0 aliphatic carbocycles. The van der Waals surface area contributed by atoms with E-state index >= 15 is 0 Å². The van der Waals surface area contributed by atoms with Crippen molar-refractivity contribution in [3.63, 3.8) is 0 Å². The highest BCUT2D eigenvalue weighted by Crippen LogP contribution is 2.31. The fourth-order valence-electron chi connectivity index (χ4n) is 0.765. The summed E-state index contributed by atoms with van der Waals surface area (Å²) in [5.41, 5.74) is 6.56. The number of aromatic nitrogens is 1. The van der Waals surface area contributed by atoms with Gasteiger partial charge in [-0.3, -0.25) is 0 Å². The molecule has 0 aliphatic rings. The predicted molar refractivity (Wildman–Crippen MR) is 55.0 cm³/mol. The zero-order chi connectivity index (χ0) is 10.1. The van der Waals surface area contributed by atoms with Gasteiger partial charge in [0.05, 0.1) is 5.69 Å². The first kappa shape index (κ1) is 10.6. The zero-order valence-electron chi connectivity index (χ0n) is 8.55. The van der Waals surface area contributed by atoms with Crippen LogP contribution in [0.5, 0.6) is 0 Å². The van der Waals surface area contributed by atoms with Crippen molar-refractivity contribution in [1.29, 1.82) is 0 Å². The van der Waals surface area contributed by atoms with Gasteiger partial charge in [0.15, 0.2) is 0 Å². The summed E-state index contributed by atoms with van der Waals surface area (Å²) >= 11 is 1.58. The minimum atomic E-state index is -0.0102. The molecule has 1 aromatic rings. The van der Waals surface area contributed by atoms with Crippen LogP contribution in [-0.4, -0.2) is 16.3 Å². The molecular formula is C9H16N2OS. The van der Waals surface area contributed by atoms with Gasteiger partial charge in [0.25, 0.3) is 5.22 Å². The molecule has 0 spiro atoms. The Bertz CT molecular complexity index is 274. The van der Waals surface area contributed by atoms with E-state index < -0.39 is 0 Å². The molecule has 1 rings (SSSR count). The smallest absolute Gasteiger partial charge is 0.256 e. The van der Waals surface area contributed by atoms with Crippen molar-refractivity contribution in [2.45, 2.75) is 37.7 Å². The van der Waals surface area contributed by atoms with Gasteiger partial charge in [0.1, 0.15) is 5.76 Å². The lowest BCUT2D eigenvalue weighted by molar-refractivity contribution is 0.428. The third kappa shape index (κ3) is 2.74. The molecule has 0 atom stereocenters. The summed E-state index contributed by atoms with van der Waals surface area (Å²) in [5, 5.41) is 0.713. The molecule has 74 valence electrons. The number of nitrogens with two attached hydrogens (primary N) is 1. The molecule has 0 fully saturated rings. The number of nitrogens with zero attached hydrogens (tertiary/aromatic N) is 1. The van der Waals surface area contributed by atoms with Gasteiger partial charge in [-0.2, -0.15) is 0 Å². The predicted octanol–water partition coefficient (Wildman–Crippen LogP) is 2.12. The molecule has 0 unspecified atom stereocenters. The SMILES string of the molecule is Cc1nc(SC(C)(C)CN)oc1C. The topological polar surface area (TPSA) is 52.0 Å². The van der Waals surface area contributed by atoms with Crippen LogP contribution >= 0.6 is 11.8 Å². The third-order valence-corrected chi connectivity index (χ3v) is 2.93. The highest BCUT2D eigenvalue weighted by molar-refractivity contribution is 8.00. The fraction of sp³-hybridized carbons (Fsp3) is 0.667. The summed E-state index contributed by atoms with van der Waals surface area (Å²) in [4.78, 5) is 4.28. The normalized spacial score (nSPS) is 12.1. The number of oxazole rings is 1. The van der Waals surface area contributed by atoms with Crippen molar-refractivity contribution in [2.75, 3.05) is 6.54 Å². The largest absolute Gasteiger partial charge is 0.437 e. The summed E-state index contributed by atoms with van der Waals surface area (Å²) in [7, 11) is 0. The molecule has 0 radical (unpaired) electrons.